The van der Waals surface area contributed by atoms with Gasteiger partial charge in [-0.05, 0) is 49.8 Å². The van der Waals surface area contributed by atoms with E-state index in [1.165, 1.54) is 17.5 Å². The lowest BCUT2D eigenvalue weighted by Crippen LogP contribution is -2.31. The van der Waals surface area contributed by atoms with Gasteiger partial charge in [0.05, 0.1) is 11.0 Å². The molecule has 0 spiro atoms. The van der Waals surface area contributed by atoms with Crippen LogP contribution in [0.25, 0.3) is 0 Å². The minimum absolute atomic E-state index is 0.0389. The third-order valence-corrected chi connectivity index (χ3v) is 6.08. The minimum atomic E-state index is -0.0389. The van der Waals surface area contributed by atoms with Gasteiger partial charge in [0.2, 0.25) is 0 Å². The van der Waals surface area contributed by atoms with Crippen LogP contribution < -0.4 is 10.6 Å². The average Bonchev–Trinajstić information content (AvgIpc) is 3.13. The van der Waals surface area contributed by atoms with Crippen molar-refractivity contribution >= 4 is 17.2 Å². The van der Waals surface area contributed by atoms with Crippen molar-refractivity contribution in [2.24, 2.45) is 0 Å². The van der Waals surface area contributed by atoms with E-state index in [0.29, 0.717) is 11.6 Å². The molecule has 1 amide bonds. The second kappa shape index (κ2) is 7.03. The fraction of sp³-hybridized carbons (Fsp3) is 0.474. The van der Waals surface area contributed by atoms with Crippen LogP contribution >= 0.6 is 11.3 Å². The van der Waals surface area contributed by atoms with E-state index in [2.05, 4.69) is 39.9 Å². The summed E-state index contributed by atoms with van der Waals surface area (Å²) in [7, 11) is 0. The Hall–Kier alpha value is -1.72. The minimum Gasteiger partial charge on any atom is -0.344 e. The number of benzene rings is 1. The highest BCUT2D eigenvalue weighted by Gasteiger charge is 2.24. The zero-order valence-electron chi connectivity index (χ0n) is 13.8. The van der Waals surface area contributed by atoms with Gasteiger partial charge in [0, 0.05) is 17.8 Å². The molecule has 5 heteroatoms. The van der Waals surface area contributed by atoms with Crippen LogP contribution in [0.5, 0.6) is 0 Å². The highest BCUT2D eigenvalue weighted by molar-refractivity contribution is 7.09. The monoisotopic (exact) mass is 341 g/mol. The number of thiazole rings is 1. The van der Waals surface area contributed by atoms with Crippen LogP contribution in [0.4, 0.5) is 0 Å². The van der Waals surface area contributed by atoms with Gasteiger partial charge in [0.25, 0.3) is 5.91 Å². The van der Waals surface area contributed by atoms with Crippen LogP contribution in [-0.2, 0) is 6.42 Å². The smallest absolute Gasteiger partial charge is 0.271 e. The molecule has 0 bridgehead atoms. The van der Waals surface area contributed by atoms with Gasteiger partial charge in [-0.3, -0.25) is 4.79 Å². The van der Waals surface area contributed by atoms with Gasteiger partial charge in [-0.25, -0.2) is 4.98 Å². The summed E-state index contributed by atoms with van der Waals surface area (Å²) in [5.74, 6) is 0.420. The van der Waals surface area contributed by atoms with Gasteiger partial charge < -0.3 is 10.6 Å². The molecule has 2 unspecified atom stereocenters. The first-order chi connectivity index (χ1) is 11.8. The fourth-order valence-electron chi connectivity index (χ4n) is 3.78. The van der Waals surface area contributed by atoms with Gasteiger partial charge in [-0.2, -0.15) is 0 Å². The Morgan fingerprint density at radius 2 is 2.17 bits per heavy atom. The molecule has 1 saturated heterocycles. The number of fused-ring (bicyclic) bond motifs is 1. The van der Waals surface area contributed by atoms with E-state index >= 15 is 0 Å². The summed E-state index contributed by atoms with van der Waals surface area (Å²) >= 11 is 1.62. The summed E-state index contributed by atoms with van der Waals surface area (Å²) in [6.45, 7) is 2.07. The van der Waals surface area contributed by atoms with Crippen molar-refractivity contribution < 1.29 is 4.79 Å². The van der Waals surface area contributed by atoms with Gasteiger partial charge in [-0.15, -0.1) is 11.3 Å². The second-order valence-electron chi connectivity index (χ2n) is 6.73. The van der Waals surface area contributed by atoms with Crippen LogP contribution in [0.1, 0.15) is 64.3 Å². The maximum Gasteiger partial charge on any atom is 0.271 e. The van der Waals surface area contributed by atoms with Crippen LogP contribution in [0.15, 0.2) is 29.6 Å². The molecule has 24 heavy (non-hydrogen) atoms. The molecular weight excluding hydrogens is 318 g/mol. The van der Waals surface area contributed by atoms with Crippen molar-refractivity contribution in [2.45, 2.75) is 44.1 Å². The van der Waals surface area contributed by atoms with E-state index in [9.17, 15) is 4.79 Å². The third kappa shape index (κ3) is 3.23. The number of amides is 1. The highest BCUT2D eigenvalue weighted by atomic mass is 32.1. The molecule has 2 aromatic rings. The summed E-state index contributed by atoms with van der Waals surface area (Å²) < 4.78 is 0. The summed E-state index contributed by atoms with van der Waals surface area (Å²) in [4.78, 5) is 17.3. The Balaban J connectivity index is 1.46. The number of carbonyl (C=O) groups excluding carboxylic acids is 1. The number of hydrogen-bond acceptors (Lipinski definition) is 4. The van der Waals surface area contributed by atoms with E-state index in [-0.39, 0.29) is 11.9 Å². The molecule has 126 valence electrons. The summed E-state index contributed by atoms with van der Waals surface area (Å²) in [5, 5.41) is 9.62. The first kappa shape index (κ1) is 15.8. The SMILES string of the molecule is O=C(NC1CCCc2ccccc21)c1csc(C2CCCNC2)n1. The van der Waals surface area contributed by atoms with E-state index in [1.54, 1.807) is 11.3 Å². The molecule has 2 heterocycles. The molecule has 1 aliphatic heterocycles. The molecule has 2 atom stereocenters. The molecular formula is C19H23N3OS. The van der Waals surface area contributed by atoms with Crippen molar-refractivity contribution in [1.29, 1.82) is 0 Å². The molecule has 1 aromatic heterocycles. The molecule has 0 radical (unpaired) electrons. The van der Waals surface area contributed by atoms with Gasteiger partial charge in [0.15, 0.2) is 0 Å². The lowest BCUT2D eigenvalue weighted by atomic mass is 9.88. The number of aromatic nitrogens is 1. The molecule has 2 aliphatic rings. The number of rotatable bonds is 3. The topological polar surface area (TPSA) is 54.0 Å². The second-order valence-corrected chi connectivity index (χ2v) is 7.62. The van der Waals surface area contributed by atoms with Crippen LogP contribution in [-0.4, -0.2) is 24.0 Å². The largest absolute Gasteiger partial charge is 0.344 e. The molecule has 1 aliphatic carbocycles. The number of nitrogens with one attached hydrogen (secondary N) is 2. The fourth-order valence-corrected chi connectivity index (χ4v) is 4.71. The van der Waals surface area contributed by atoms with E-state index in [0.717, 1.165) is 43.8 Å². The highest BCUT2D eigenvalue weighted by Crippen LogP contribution is 2.30. The molecule has 2 N–H and O–H groups in total. The first-order valence-electron chi connectivity index (χ1n) is 8.86. The Morgan fingerprint density at radius 1 is 1.25 bits per heavy atom. The van der Waals surface area contributed by atoms with E-state index < -0.39 is 0 Å². The Kier molecular flexibility index (Phi) is 4.63. The third-order valence-electron chi connectivity index (χ3n) is 5.08. The maximum atomic E-state index is 12.6. The molecule has 4 nitrogen and oxygen atoms in total. The number of aryl methyl sites for hydroxylation is 1. The van der Waals surface area contributed by atoms with Gasteiger partial charge >= 0.3 is 0 Å². The van der Waals surface area contributed by atoms with E-state index in [1.807, 2.05) is 5.38 Å². The normalized spacial score (nSPS) is 23.5. The first-order valence-corrected chi connectivity index (χ1v) is 9.74. The lowest BCUT2D eigenvalue weighted by Gasteiger charge is -2.26. The number of nitrogens with zero attached hydrogens (tertiary/aromatic N) is 1. The number of piperidine rings is 1. The molecule has 0 saturated carbocycles. The summed E-state index contributed by atoms with van der Waals surface area (Å²) in [6, 6.07) is 8.56. The quantitative estimate of drug-likeness (QED) is 0.899. The van der Waals surface area contributed by atoms with Crippen LogP contribution in [0.2, 0.25) is 0 Å². The predicted octanol–water partition coefficient (Wildman–Crippen LogP) is 3.42. The average molecular weight is 341 g/mol. The molecule has 4 rings (SSSR count). The van der Waals surface area contributed by atoms with E-state index in [4.69, 9.17) is 0 Å². The molecule has 1 aromatic carbocycles. The van der Waals surface area contributed by atoms with Crippen molar-refractivity contribution in [3.63, 3.8) is 0 Å². The van der Waals surface area contributed by atoms with Crippen molar-refractivity contribution in [3.8, 4) is 0 Å². The standard InChI is InChI=1S/C19H23N3OS/c23-18(17-12-24-19(22-17)14-7-4-10-20-11-14)21-16-9-3-6-13-5-1-2-8-15(13)16/h1-2,5,8,12,14,16,20H,3-4,6-7,9-11H2,(H,21,23). The van der Waals surface area contributed by atoms with Crippen molar-refractivity contribution in [3.05, 3.63) is 51.5 Å². The Labute approximate surface area is 146 Å². The number of hydrogen-bond donors (Lipinski definition) is 2. The summed E-state index contributed by atoms with van der Waals surface area (Å²) in [6.07, 6.45) is 5.59. The predicted molar refractivity (Wildman–Crippen MR) is 96.5 cm³/mol. The molecule has 1 fully saturated rings. The zero-order chi connectivity index (χ0) is 16.4. The van der Waals surface area contributed by atoms with Crippen LogP contribution in [0.3, 0.4) is 0 Å². The zero-order valence-corrected chi connectivity index (χ0v) is 14.6. The Bertz CT molecular complexity index is 721. The number of carbonyl (C=O) groups is 1. The van der Waals surface area contributed by atoms with Crippen molar-refractivity contribution in [1.82, 2.24) is 15.6 Å². The van der Waals surface area contributed by atoms with Crippen LogP contribution in [0, 0.1) is 0 Å². The van der Waals surface area contributed by atoms with Gasteiger partial charge in [-0.1, -0.05) is 24.3 Å². The summed E-state index contributed by atoms with van der Waals surface area (Å²) in [5.41, 5.74) is 3.20. The van der Waals surface area contributed by atoms with Gasteiger partial charge in [0.1, 0.15) is 5.69 Å². The lowest BCUT2D eigenvalue weighted by molar-refractivity contribution is 0.0928. The van der Waals surface area contributed by atoms with Crippen molar-refractivity contribution in [2.75, 3.05) is 13.1 Å². The maximum absolute atomic E-state index is 12.6. The Morgan fingerprint density at radius 3 is 3.04 bits per heavy atom.